The third-order valence-corrected chi connectivity index (χ3v) is 4.53. The maximum absolute atomic E-state index is 11.8. The van der Waals surface area contributed by atoms with E-state index < -0.39 is 0 Å². The van der Waals surface area contributed by atoms with Crippen LogP contribution in [0.3, 0.4) is 0 Å². The molecule has 0 saturated heterocycles. The predicted octanol–water partition coefficient (Wildman–Crippen LogP) is 3.67. The molecule has 0 fully saturated rings. The molecule has 7 heteroatoms. The Morgan fingerprint density at radius 3 is 2.79 bits per heavy atom. The van der Waals surface area contributed by atoms with Gasteiger partial charge in [-0.15, -0.1) is 0 Å². The molecular formula is C17H17ClN4OS. The monoisotopic (exact) mass is 360 g/mol. The number of hydrogen-bond donors (Lipinski definition) is 1. The predicted molar refractivity (Wildman–Crippen MR) is 97.4 cm³/mol. The number of rotatable bonds is 5. The summed E-state index contributed by atoms with van der Waals surface area (Å²) in [6.45, 7) is 3.88. The molecule has 2 aromatic heterocycles. The summed E-state index contributed by atoms with van der Waals surface area (Å²) in [5.41, 5.74) is 2.70. The molecule has 5 nitrogen and oxygen atoms in total. The Kier molecular flexibility index (Phi) is 5.06. The number of aromatic nitrogens is 3. The molecule has 0 bridgehead atoms. The van der Waals surface area contributed by atoms with Crippen LogP contribution >= 0.6 is 23.4 Å². The molecule has 0 atom stereocenters. The first-order chi connectivity index (χ1) is 11.5. The largest absolute Gasteiger partial charge is 0.353 e. The van der Waals surface area contributed by atoms with Crippen LogP contribution in [0.25, 0.3) is 16.8 Å². The van der Waals surface area contributed by atoms with Crippen LogP contribution in [0.4, 0.5) is 0 Å². The van der Waals surface area contributed by atoms with E-state index in [1.165, 1.54) is 11.8 Å². The molecule has 0 aliphatic carbocycles. The normalized spacial score (nSPS) is 11.2. The van der Waals surface area contributed by atoms with E-state index in [1.807, 2.05) is 44.2 Å². The summed E-state index contributed by atoms with van der Waals surface area (Å²) in [4.78, 5) is 16.2. The maximum atomic E-state index is 11.8. The quantitative estimate of drug-likeness (QED) is 0.705. The third kappa shape index (κ3) is 3.88. The van der Waals surface area contributed by atoms with E-state index in [0.717, 1.165) is 21.8 Å². The molecule has 0 aliphatic heterocycles. The van der Waals surface area contributed by atoms with Gasteiger partial charge in [0.15, 0.2) is 0 Å². The van der Waals surface area contributed by atoms with Crippen LogP contribution in [0.1, 0.15) is 13.8 Å². The summed E-state index contributed by atoms with van der Waals surface area (Å²) in [7, 11) is 0. The van der Waals surface area contributed by atoms with Gasteiger partial charge in [0.05, 0.1) is 17.0 Å². The standard InChI is InChI=1S/C17H17ClN4OS/c1-11(2)20-16(23)10-24-17-15-9-14(21-22(15)8-7-19-17)12-3-5-13(18)6-4-12/h3-9,11H,10H2,1-2H3,(H,20,23). The molecule has 2 heterocycles. The molecule has 0 saturated carbocycles. The molecule has 0 spiro atoms. The van der Waals surface area contributed by atoms with Crippen molar-refractivity contribution < 1.29 is 4.79 Å². The summed E-state index contributed by atoms with van der Waals surface area (Å²) >= 11 is 7.34. The van der Waals surface area contributed by atoms with Crippen LogP contribution in [-0.4, -0.2) is 32.3 Å². The number of thioether (sulfide) groups is 1. The number of amides is 1. The van der Waals surface area contributed by atoms with Crippen molar-refractivity contribution in [3.8, 4) is 11.3 Å². The Labute approximate surface area is 149 Å². The van der Waals surface area contributed by atoms with E-state index in [-0.39, 0.29) is 11.9 Å². The molecule has 3 aromatic rings. The van der Waals surface area contributed by atoms with E-state index in [1.54, 1.807) is 16.9 Å². The van der Waals surface area contributed by atoms with Crippen molar-refractivity contribution in [2.75, 3.05) is 5.75 Å². The van der Waals surface area contributed by atoms with Crippen molar-refractivity contribution in [3.05, 3.63) is 47.7 Å². The van der Waals surface area contributed by atoms with Crippen molar-refractivity contribution in [2.24, 2.45) is 0 Å². The number of fused-ring (bicyclic) bond motifs is 1. The van der Waals surface area contributed by atoms with Gasteiger partial charge in [-0.2, -0.15) is 5.10 Å². The SMILES string of the molecule is CC(C)NC(=O)CSc1nccn2nc(-c3ccc(Cl)cc3)cc12. The fourth-order valence-electron chi connectivity index (χ4n) is 2.27. The zero-order valence-corrected chi connectivity index (χ0v) is 14.9. The zero-order chi connectivity index (χ0) is 17.1. The van der Waals surface area contributed by atoms with Gasteiger partial charge in [-0.05, 0) is 32.0 Å². The second-order valence-corrected chi connectivity index (χ2v) is 7.01. The molecule has 0 unspecified atom stereocenters. The second-order valence-electron chi connectivity index (χ2n) is 5.61. The van der Waals surface area contributed by atoms with E-state index in [9.17, 15) is 4.79 Å². The Balaban J connectivity index is 1.85. The van der Waals surface area contributed by atoms with Gasteiger partial charge < -0.3 is 5.32 Å². The van der Waals surface area contributed by atoms with Crippen molar-refractivity contribution in [3.63, 3.8) is 0 Å². The highest BCUT2D eigenvalue weighted by atomic mass is 35.5. The van der Waals surface area contributed by atoms with Gasteiger partial charge in [0.2, 0.25) is 5.91 Å². The average Bonchev–Trinajstić information content (AvgIpc) is 2.97. The lowest BCUT2D eigenvalue weighted by Gasteiger charge is -2.07. The van der Waals surface area contributed by atoms with Crippen LogP contribution in [0, 0.1) is 0 Å². The molecule has 0 aliphatic rings. The van der Waals surface area contributed by atoms with Gasteiger partial charge in [-0.3, -0.25) is 4.79 Å². The summed E-state index contributed by atoms with van der Waals surface area (Å²) in [5, 5.41) is 8.92. The van der Waals surface area contributed by atoms with Crippen LogP contribution in [0.2, 0.25) is 5.02 Å². The molecule has 1 aromatic carbocycles. The number of carbonyl (C=O) groups excluding carboxylic acids is 1. The molecule has 0 radical (unpaired) electrons. The first-order valence-electron chi connectivity index (χ1n) is 7.55. The van der Waals surface area contributed by atoms with E-state index in [0.29, 0.717) is 10.8 Å². The zero-order valence-electron chi connectivity index (χ0n) is 13.4. The molecule has 1 amide bonds. The summed E-state index contributed by atoms with van der Waals surface area (Å²) in [6.07, 6.45) is 3.49. The lowest BCUT2D eigenvalue weighted by molar-refractivity contribution is -0.119. The average molecular weight is 361 g/mol. The minimum absolute atomic E-state index is 0.00348. The number of halogens is 1. The number of carbonyl (C=O) groups is 1. The van der Waals surface area contributed by atoms with Gasteiger partial charge in [0, 0.05) is 29.0 Å². The highest BCUT2D eigenvalue weighted by Crippen LogP contribution is 2.26. The van der Waals surface area contributed by atoms with Gasteiger partial charge in [0.25, 0.3) is 0 Å². The van der Waals surface area contributed by atoms with E-state index >= 15 is 0 Å². The highest BCUT2D eigenvalue weighted by Gasteiger charge is 2.11. The second kappa shape index (κ2) is 7.23. The van der Waals surface area contributed by atoms with Crippen LogP contribution < -0.4 is 5.32 Å². The molecular weight excluding hydrogens is 344 g/mol. The van der Waals surface area contributed by atoms with Crippen molar-refractivity contribution in [1.29, 1.82) is 0 Å². The Morgan fingerprint density at radius 2 is 2.08 bits per heavy atom. The smallest absolute Gasteiger partial charge is 0.230 e. The Bertz CT molecular complexity index is 861. The first-order valence-corrected chi connectivity index (χ1v) is 8.92. The van der Waals surface area contributed by atoms with Crippen molar-refractivity contribution in [1.82, 2.24) is 19.9 Å². The number of benzene rings is 1. The van der Waals surface area contributed by atoms with Crippen LogP contribution in [0.15, 0.2) is 47.8 Å². The molecule has 124 valence electrons. The van der Waals surface area contributed by atoms with Gasteiger partial charge >= 0.3 is 0 Å². The maximum Gasteiger partial charge on any atom is 0.230 e. The molecule has 3 rings (SSSR count). The number of nitrogens with one attached hydrogen (secondary N) is 1. The van der Waals surface area contributed by atoms with Crippen molar-refractivity contribution in [2.45, 2.75) is 24.9 Å². The van der Waals surface area contributed by atoms with Gasteiger partial charge in [-0.25, -0.2) is 9.50 Å². The number of hydrogen-bond acceptors (Lipinski definition) is 4. The van der Waals surface area contributed by atoms with Crippen LogP contribution in [0.5, 0.6) is 0 Å². The van der Waals surface area contributed by atoms with E-state index in [2.05, 4.69) is 15.4 Å². The van der Waals surface area contributed by atoms with Crippen molar-refractivity contribution >= 4 is 34.8 Å². The Hall–Kier alpha value is -2.05. The lowest BCUT2D eigenvalue weighted by Crippen LogP contribution is -2.31. The lowest BCUT2D eigenvalue weighted by atomic mass is 10.1. The topological polar surface area (TPSA) is 59.3 Å². The van der Waals surface area contributed by atoms with E-state index in [4.69, 9.17) is 11.6 Å². The fraction of sp³-hybridized carbons (Fsp3) is 0.235. The number of nitrogens with zero attached hydrogens (tertiary/aromatic N) is 3. The van der Waals surface area contributed by atoms with Crippen LogP contribution in [-0.2, 0) is 4.79 Å². The van der Waals surface area contributed by atoms with Gasteiger partial charge in [0.1, 0.15) is 5.03 Å². The summed E-state index contributed by atoms with van der Waals surface area (Å²) in [5.74, 6) is 0.322. The first kappa shape index (κ1) is 16.8. The minimum atomic E-state index is -0.00348. The molecule has 1 N–H and O–H groups in total. The summed E-state index contributed by atoms with van der Waals surface area (Å²) < 4.78 is 1.78. The third-order valence-electron chi connectivity index (χ3n) is 3.28. The highest BCUT2D eigenvalue weighted by molar-refractivity contribution is 8.00. The fourth-order valence-corrected chi connectivity index (χ4v) is 3.18. The minimum Gasteiger partial charge on any atom is -0.353 e. The van der Waals surface area contributed by atoms with Gasteiger partial charge in [-0.1, -0.05) is 35.5 Å². The molecule has 24 heavy (non-hydrogen) atoms. The summed E-state index contributed by atoms with van der Waals surface area (Å²) in [6, 6.07) is 9.64. The Morgan fingerprint density at radius 1 is 1.33 bits per heavy atom.